The number of esters is 1. The second kappa shape index (κ2) is 40.2. The van der Waals surface area contributed by atoms with Crippen molar-refractivity contribution >= 4 is 22.8 Å². The Balaban J connectivity index is 4.07. The smallest absolute Gasteiger partial charge is 0.308 e. The summed E-state index contributed by atoms with van der Waals surface area (Å²) in [6, 6.07) is 0. The molecular weight excluding hydrogens is 627 g/mol. The Morgan fingerprint density at radius 2 is 0.959 bits per heavy atom. The lowest BCUT2D eigenvalue weighted by molar-refractivity contribution is -0.149. The normalized spacial score (nSPS) is 11.6. The fourth-order valence-corrected chi connectivity index (χ4v) is 7.57. The van der Waals surface area contributed by atoms with Crippen LogP contribution in [-0.4, -0.2) is 59.7 Å². The zero-order valence-electron chi connectivity index (χ0n) is 33.3. The molecule has 0 aliphatic carbocycles. The van der Waals surface area contributed by atoms with E-state index in [1.165, 1.54) is 122 Å². The molecule has 0 spiro atoms. The van der Waals surface area contributed by atoms with Gasteiger partial charge in [-0.25, -0.2) is 0 Å². The number of unbranched alkanes of at least 4 members (excludes halogenated alkanes) is 22. The highest BCUT2D eigenvalue weighted by Crippen LogP contribution is 2.21. The molecule has 0 radical (unpaired) electrons. The van der Waals surface area contributed by atoms with Crippen molar-refractivity contribution in [3.8, 4) is 0 Å². The van der Waals surface area contributed by atoms with Crippen LogP contribution >= 0.6 is 11.8 Å². The van der Waals surface area contributed by atoms with E-state index in [0.29, 0.717) is 11.7 Å². The van der Waals surface area contributed by atoms with E-state index >= 15 is 0 Å². The minimum atomic E-state index is 0.0611. The fraction of sp³-hybridized carbons (Fsp3) is 0.953. The van der Waals surface area contributed by atoms with Crippen LogP contribution in [-0.2, 0) is 14.3 Å². The van der Waals surface area contributed by atoms with Crippen LogP contribution in [0.2, 0.25) is 0 Å². The lowest BCUT2D eigenvalue weighted by atomic mass is 9.94. The molecule has 0 saturated carbocycles. The molecule has 0 bridgehead atoms. The summed E-state index contributed by atoms with van der Waals surface area (Å²) in [5.41, 5.74) is 0. The topological polar surface area (TPSA) is 66.8 Å². The van der Waals surface area contributed by atoms with Gasteiger partial charge < -0.3 is 14.7 Å². The van der Waals surface area contributed by atoms with Crippen molar-refractivity contribution in [1.29, 1.82) is 0 Å². The molecule has 49 heavy (non-hydrogen) atoms. The van der Waals surface area contributed by atoms with Gasteiger partial charge in [0.25, 0.3) is 0 Å². The van der Waals surface area contributed by atoms with E-state index in [0.717, 1.165) is 102 Å². The van der Waals surface area contributed by atoms with Crippen molar-refractivity contribution in [1.82, 2.24) is 4.90 Å². The van der Waals surface area contributed by atoms with Crippen molar-refractivity contribution < 1.29 is 19.4 Å². The molecule has 0 atom stereocenters. The minimum Gasteiger partial charge on any atom is -0.465 e. The number of hydrogen-bond acceptors (Lipinski definition) is 6. The SMILES string of the molecule is CCCCCCCCCC(=O)SCCCCCCN(CCCO)CCCCCCOC(=O)C(CCCCCCCC)CCCCCCCC. The maximum Gasteiger partial charge on any atom is 0.308 e. The summed E-state index contributed by atoms with van der Waals surface area (Å²) in [6.45, 7) is 10.7. The molecule has 292 valence electrons. The Morgan fingerprint density at radius 1 is 0.531 bits per heavy atom. The minimum absolute atomic E-state index is 0.0611. The van der Waals surface area contributed by atoms with Gasteiger partial charge in [-0.1, -0.05) is 174 Å². The third-order valence-electron chi connectivity index (χ3n) is 10.0. The lowest BCUT2D eigenvalue weighted by Crippen LogP contribution is -2.28. The summed E-state index contributed by atoms with van der Waals surface area (Å²) < 4.78 is 5.82. The van der Waals surface area contributed by atoms with Crippen LogP contribution in [0.3, 0.4) is 0 Å². The summed E-state index contributed by atoms with van der Waals surface area (Å²) >= 11 is 1.55. The quantitative estimate of drug-likeness (QED) is 0.0504. The summed E-state index contributed by atoms with van der Waals surface area (Å²) in [4.78, 5) is 27.7. The Bertz CT molecular complexity index is 675. The van der Waals surface area contributed by atoms with E-state index in [-0.39, 0.29) is 18.5 Å². The number of aliphatic hydroxyl groups excluding tert-OH is 1. The largest absolute Gasteiger partial charge is 0.465 e. The summed E-state index contributed by atoms with van der Waals surface area (Å²) in [6.07, 6.45) is 36.8. The van der Waals surface area contributed by atoms with Gasteiger partial charge in [-0.15, -0.1) is 0 Å². The highest BCUT2D eigenvalue weighted by atomic mass is 32.2. The first-order valence-corrected chi connectivity index (χ1v) is 22.7. The average Bonchev–Trinajstić information content (AvgIpc) is 3.10. The molecule has 6 heteroatoms. The fourth-order valence-electron chi connectivity index (χ4n) is 6.71. The molecule has 0 aromatic heterocycles. The first-order chi connectivity index (χ1) is 24.1. The Kier molecular flexibility index (Phi) is 39.7. The zero-order chi connectivity index (χ0) is 35.9. The van der Waals surface area contributed by atoms with Gasteiger partial charge in [-0.3, -0.25) is 9.59 Å². The number of aliphatic hydroxyl groups is 1. The molecule has 0 saturated heterocycles. The van der Waals surface area contributed by atoms with E-state index in [2.05, 4.69) is 25.7 Å². The van der Waals surface area contributed by atoms with Crippen LogP contribution < -0.4 is 0 Å². The van der Waals surface area contributed by atoms with Gasteiger partial charge >= 0.3 is 5.97 Å². The first-order valence-electron chi connectivity index (χ1n) is 21.7. The van der Waals surface area contributed by atoms with Crippen molar-refractivity contribution in [3.63, 3.8) is 0 Å². The van der Waals surface area contributed by atoms with E-state index in [9.17, 15) is 14.7 Å². The maximum absolute atomic E-state index is 13.0. The van der Waals surface area contributed by atoms with Gasteiger partial charge in [0.1, 0.15) is 0 Å². The van der Waals surface area contributed by atoms with Crippen molar-refractivity contribution in [2.75, 3.05) is 38.6 Å². The summed E-state index contributed by atoms with van der Waals surface area (Å²) in [7, 11) is 0. The number of carbonyl (C=O) groups is 2. The molecule has 0 aromatic carbocycles. The zero-order valence-corrected chi connectivity index (χ0v) is 34.1. The van der Waals surface area contributed by atoms with Gasteiger partial charge in [0, 0.05) is 25.3 Å². The lowest BCUT2D eigenvalue weighted by Gasteiger charge is -2.22. The van der Waals surface area contributed by atoms with Gasteiger partial charge in [-0.2, -0.15) is 0 Å². The molecule has 0 unspecified atom stereocenters. The van der Waals surface area contributed by atoms with E-state index in [4.69, 9.17) is 4.74 Å². The van der Waals surface area contributed by atoms with E-state index < -0.39 is 0 Å². The highest BCUT2D eigenvalue weighted by molar-refractivity contribution is 8.13. The van der Waals surface area contributed by atoms with Crippen LogP contribution in [0, 0.1) is 5.92 Å². The van der Waals surface area contributed by atoms with Crippen molar-refractivity contribution in [2.45, 2.75) is 220 Å². The molecule has 0 aromatic rings. The van der Waals surface area contributed by atoms with Crippen molar-refractivity contribution in [2.24, 2.45) is 5.92 Å². The second-order valence-electron chi connectivity index (χ2n) is 14.8. The second-order valence-corrected chi connectivity index (χ2v) is 16.0. The molecule has 0 rings (SSSR count). The highest BCUT2D eigenvalue weighted by Gasteiger charge is 2.19. The number of ether oxygens (including phenoxy) is 1. The summed E-state index contributed by atoms with van der Waals surface area (Å²) in [5, 5.41) is 9.76. The van der Waals surface area contributed by atoms with Crippen LogP contribution in [0.1, 0.15) is 220 Å². The Morgan fingerprint density at radius 3 is 1.49 bits per heavy atom. The molecule has 0 aliphatic rings. The predicted molar refractivity (Wildman–Crippen MR) is 216 cm³/mol. The van der Waals surface area contributed by atoms with Crippen molar-refractivity contribution in [3.05, 3.63) is 0 Å². The standard InChI is InChI=1S/C43H85NO4S/c1-4-7-10-13-16-19-26-34-42(46)49-40-30-23-21-28-36-44(37-31-38-45)35-27-20-22-29-39-48-43(47)41(32-24-17-14-11-8-5-2)33-25-18-15-12-9-6-3/h41,45H,4-40H2,1-3H3. The molecule has 0 amide bonds. The van der Waals surface area contributed by atoms with Crippen LogP contribution in [0.15, 0.2) is 0 Å². The molecule has 0 heterocycles. The van der Waals surface area contributed by atoms with E-state index in [1.54, 1.807) is 11.8 Å². The van der Waals surface area contributed by atoms with Gasteiger partial charge in [0.2, 0.25) is 0 Å². The number of nitrogens with zero attached hydrogens (tertiary/aromatic N) is 1. The van der Waals surface area contributed by atoms with Crippen LogP contribution in [0.4, 0.5) is 0 Å². The first kappa shape index (κ1) is 48.4. The third kappa shape index (κ3) is 35.6. The molecule has 0 fully saturated rings. The van der Waals surface area contributed by atoms with Gasteiger partial charge in [0.15, 0.2) is 5.12 Å². The third-order valence-corrected chi connectivity index (χ3v) is 11.0. The number of rotatable bonds is 40. The molecule has 5 nitrogen and oxygen atoms in total. The Labute approximate surface area is 310 Å². The molecular formula is C43H85NO4S. The maximum atomic E-state index is 13.0. The number of thioether (sulfide) groups is 1. The molecule has 1 N–H and O–H groups in total. The Hall–Kier alpha value is -0.590. The van der Waals surface area contributed by atoms with Crippen LogP contribution in [0.5, 0.6) is 0 Å². The van der Waals surface area contributed by atoms with Gasteiger partial charge in [0.05, 0.1) is 12.5 Å². The summed E-state index contributed by atoms with van der Waals surface area (Å²) in [5.74, 6) is 1.13. The monoisotopic (exact) mass is 712 g/mol. The van der Waals surface area contributed by atoms with E-state index in [1.807, 2.05) is 0 Å². The average molecular weight is 712 g/mol. The number of carbonyl (C=O) groups excluding carboxylic acids is 2. The van der Waals surface area contributed by atoms with Crippen LogP contribution in [0.25, 0.3) is 0 Å². The molecule has 0 aliphatic heterocycles. The number of hydrogen-bond donors (Lipinski definition) is 1. The predicted octanol–water partition coefficient (Wildman–Crippen LogP) is 12.9. The van der Waals surface area contributed by atoms with Gasteiger partial charge in [-0.05, 0) is 64.5 Å².